The minimum absolute atomic E-state index is 0.804. The quantitative estimate of drug-likeness (QED) is 0.847. The van der Waals surface area contributed by atoms with Crippen molar-refractivity contribution in [1.29, 1.82) is 0 Å². The number of fused-ring (bicyclic) bond motifs is 1. The Kier molecular flexibility index (Phi) is 3.62. The molecule has 2 N–H and O–H groups in total. The molecule has 0 amide bonds. The van der Waals surface area contributed by atoms with Gasteiger partial charge < -0.3 is 5.73 Å². The van der Waals surface area contributed by atoms with Crippen LogP contribution in [-0.4, -0.2) is 21.4 Å². The van der Waals surface area contributed by atoms with Crippen molar-refractivity contribution < 1.29 is 0 Å². The van der Waals surface area contributed by atoms with Crippen LogP contribution in [0.15, 0.2) is 12.1 Å². The molecule has 0 fully saturated rings. The number of hydrogen-bond donors (Lipinski definition) is 1. The highest BCUT2D eigenvalue weighted by Gasteiger charge is 2.10. The number of nitrogens with zero attached hydrogens (tertiary/aromatic N) is 2. The number of anilines is 1. The number of nitrogen functional groups attached to an aromatic ring is 1. The van der Waals surface area contributed by atoms with E-state index in [1.165, 1.54) is 5.56 Å². The molecule has 0 radical (unpaired) electrons. The van der Waals surface area contributed by atoms with Gasteiger partial charge in [0.25, 0.3) is 0 Å². The molecule has 0 unspecified atom stereocenters. The summed E-state index contributed by atoms with van der Waals surface area (Å²) in [5, 5.41) is 0. The van der Waals surface area contributed by atoms with Gasteiger partial charge in [-0.2, -0.15) is 11.8 Å². The summed E-state index contributed by atoms with van der Waals surface area (Å²) in [4.78, 5) is 4.63. The van der Waals surface area contributed by atoms with E-state index < -0.39 is 0 Å². The maximum Gasteiger partial charge on any atom is 0.139 e. The third-order valence-corrected chi connectivity index (χ3v) is 3.62. The van der Waals surface area contributed by atoms with Crippen LogP contribution in [0, 0.1) is 13.8 Å². The summed E-state index contributed by atoms with van der Waals surface area (Å²) >= 11 is 1.86. The number of aryl methyl sites for hydroxylation is 3. The van der Waals surface area contributed by atoms with Crippen molar-refractivity contribution in [3.8, 4) is 0 Å². The van der Waals surface area contributed by atoms with Gasteiger partial charge in [-0.15, -0.1) is 0 Å². The van der Waals surface area contributed by atoms with Crippen molar-refractivity contribution in [2.45, 2.75) is 26.7 Å². The summed E-state index contributed by atoms with van der Waals surface area (Å²) in [6.07, 6.45) is 4.22. The van der Waals surface area contributed by atoms with Gasteiger partial charge in [-0.3, -0.25) is 4.40 Å². The van der Waals surface area contributed by atoms with Gasteiger partial charge in [-0.25, -0.2) is 4.98 Å². The van der Waals surface area contributed by atoms with Crippen LogP contribution >= 0.6 is 11.8 Å². The van der Waals surface area contributed by atoms with Crippen molar-refractivity contribution in [2.24, 2.45) is 0 Å². The lowest BCUT2D eigenvalue weighted by molar-refractivity contribution is 0.907. The molecule has 92 valence electrons. The number of rotatable bonds is 4. The molecule has 17 heavy (non-hydrogen) atoms. The predicted molar refractivity (Wildman–Crippen MR) is 75.8 cm³/mol. The summed E-state index contributed by atoms with van der Waals surface area (Å²) in [5.41, 5.74) is 10.6. The molecule has 0 bridgehead atoms. The Balaban J connectivity index is 2.39. The molecule has 2 aromatic rings. The lowest BCUT2D eigenvalue weighted by Gasteiger charge is -2.03. The van der Waals surface area contributed by atoms with E-state index in [1.807, 2.05) is 16.2 Å². The molecule has 0 aliphatic heterocycles. The fraction of sp³-hybridized carbons (Fsp3) is 0.462. The normalized spacial score (nSPS) is 11.2. The minimum Gasteiger partial charge on any atom is -0.383 e. The highest BCUT2D eigenvalue weighted by atomic mass is 32.2. The lowest BCUT2D eigenvalue weighted by Crippen LogP contribution is -2.00. The zero-order valence-electron chi connectivity index (χ0n) is 10.7. The van der Waals surface area contributed by atoms with Crippen LogP contribution < -0.4 is 5.73 Å². The van der Waals surface area contributed by atoms with Gasteiger partial charge in [0.15, 0.2) is 0 Å². The zero-order valence-corrected chi connectivity index (χ0v) is 11.5. The molecule has 0 saturated heterocycles. The number of pyridine rings is 1. The van der Waals surface area contributed by atoms with E-state index in [2.05, 4.69) is 37.2 Å². The van der Waals surface area contributed by atoms with Crippen molar-refractivity contribution >= 4 is 23.2 Å². The molecule has 0 spiro atoms. The number of thioether (sulfide) groups is 1. The maximum atomic E-state index is 6.17. The lowest BCUT2D eigenvalue weighted by atomic mass is 10.2. The van der Waals surface area contributed by atoms with Gasteiger partial charge >= 0.3 is 0 Å². The monoisotopic (exact) mass is 249 g/mol. The Hall–Kier alpha value is -1.16. The first kappa shape index (κ1) is 12.3. The second kappa shape index (κ2) is 5.00. The van der Waals surface area contributed by atoms with Crippen LogP contribution in [0.4, 0.5) is 5.82 Å². The summed E-state index contributed by atoms with van der Waals surface area (Å²) in [5.74, 6) is 1.96. The highest BCUT2D eigenvalue weighted by molar-refractivity contribution is 7.98. The zero-order chi connectivity index (χ0) is 12.4. The fourth-order valence-electron chi connectivity index (χ4n) is 2.17. The molecule has 0 aliphatic carbocycles. The fourth-order valence-corrected chi connectivity index (χ4v) is 2.61. The standard InChI is InChI=1S/C13H19N3S/c1-9-7-10(2)16-12(8-9)15-11(13(16)14)5-4-6-17-3/h7-8H,4-6,14H2,1-3H3. The molecule has 2 rings (SSSR count). The molecular weight excluding hydrogens is 230 g/mol. The molecule has 0 aliphatic rings. The number of nitrogens with two attached hydrogens (primary N) is 1. The van der Waals surface area contributed by atoms with E-state index in [1.54, 1.807) is 0 Å². The molecule has 0 saturated carbocycles. The summed E-state index contributed by atoms with van der Waals surface area (Å²) in [6.45, 7) is 4.16. The summed E-state index contributed by atoms with van der Waals surface area (Å²) in [7, 11) is 0. The van der Waals surface area contributed by atoms with Crippen molar-refractivity contribution in [1.82, 2.24) is 9.38 Å². The van der Waals surface area contributed by atoms with Crippen molar-refractivity contribution in [3.63, 3.8) is 0 Å². The first-order valence-corrected chi connectivity index (χ1v) is 7.26. The van der Waals surface area contributed by atoms with Gasteiger partial charge in [-0.05, 0) is 56.4 Å². The first-order valence-electron chi connectivity index (χ1n) is 5.86. The second-order valence-corrected chi connectivity index (χ2v) is 5.39. The van der Waals surface area contributed by atoms with E-state index in [9.17, 15) is 0 Å². The molecule has 3 nitrogen and oxygen atoms in total. The highest BCUT2D eigenvalue weighted by Crippen LogP contribution is 2.20. The van der Waals surface area contributed by atoms with E-state index >= 15 is 0 Å². The van der Waals surface area contributed by atoms with Crippen LogP contribution in [0.3, 0.4) is 0 Å². The number of imidazole rings is 1. The van der Waals surface area contributed by atoms with Crippen LogP contribution in [-0.2, 0) is 6.42 Å². The topological polar surface area (TPSA) is 43.3 Å². The van der Waals surface area contributed by atoms with Gasteiger partial charge in [-0.1, -0.05) is 0 Å². The Morgan fingerprint density at radius 2 is 2.12 bits per heavy atom. The van der Waals surface area contributed by atoms with Crippen LogP contribution in [0.5, 0.6) is 0 Å². The molecule has 0 aromatic carbocycles. The second-order valence-electron chi connectivity index (χ2n) is 4.41. The third kappa shape index (κ3) is 2.41. The van der Waals surface area contributed by atoms with Crippen LogP contribution in [0.25, 0.3) is 5.65 Å². The Labute approximate surface area is 106 Å². The van der Waals surface area contributed by atoms with Crippen molar-refractivity contribution in [3.05, 3.63) is 29.1 Å². The maximum absolute atomic E-state index is 6.17. The van der Waals surface area contributed by atoms with Crippen LogP contribution in [0.2, 0.25) is 0 Å². The number of aromatic nitrogens is 2. The van der Waals surface area contributed by atoms with Gasteiger partial charge in [0, 0.05) is 5.69 Å². The van der Waals surface area contributed by atoms with E-state index in [0.717, 1.165) is 41.4 Å². The molecule has 0 atom stereocenters. The number of hydrogen-bond acceptors (Lipinski definition) is 3. The van der Waals surface area contributed by atoms with Crippen LogP contribution in [0.1, 0.15) is 23.4 Å². The van der Waals surface area contributed by atoms with Gasteiger partial charge in [0.05, 0.1) is 5.69 Å². The SMILES string of the molecule is CSCCCc1nc2cc(C)cc(C)n2c1N. The van der Waals surface area contributed by atoms with E-state index in [0.29, 0.717) is 0 Å². The molecular formula is C13H19N3S. The summed E-state index contributed by atoms with van der Waals surface area (Å²) < 4.78 is 2.04. The molecule has 4 heteroatoms. The average Bonchev–Trinajstić information content (AvgIpc) is 2.56. The third-order valence-electron chi connectivity index (χ3n) is 2.92. The van der Waals surface area contributed by atoms with Gasteiger partial charge in [0.2, 0.25) is 0 Å². The first-order chi connectivity index (χ1) is 8.13. The molecule has 2 aromatic heterocycles. The Morgan fingerprint density at radius 3 is 2.82 bits per heavy atom. The largest absolute Gasteiger partial charge is 0.383 e. The van der Waals surface area contributed by atoms with Crippen molar-refractivity contribution in [2.75, 3.05) is 17.7 Å². The summed E-state index contributed by atoms with van der Waals surface area (Å²) in [6, 6.07) is 4.22. The molecule has 2 heterocycles. The smallest absolute Gasteiger partial charge is 0.139 e. The minimum atomic E-state index is 0.804. The van der Waals surface area contributed by atoms with E-state index in [-0.39, 0.29) is 0 Å². The van der Waals surface area contributed by atoms with E-state index in [4.69, 9.17) is 5.73 Å². The predicted octanol–water partition coefficient (Wildman–Crippen LogP) is 2.83. The average molecular weight is 249 g/mol. The Morgan fingerprint density at radius 1 is 1.35 bits per heavy atom. The van der Waals surface area contributed by atoms with Gasteiger partial charge in [0.1, 0.15) is 11.5 Å². The Bertz CT molecular complexity index is 531.